The lowest BCUT2D eigenvalue weighted by Crippen LogP contribution is -1.89. The van der Waals surface area contributed by atoms with Gasteiger partial charge in [0.05, 0.1) is 11.7 Å². The quantitative estimate of drug-likeness (QED) is 0.630. The normalized spacial score (nSPS) is 10.8. The first-order chi connectivity index (χ1) is 5.81. The van der Waals surface area contributed by atoms with Crippen LogP contribution < -0.4 is 0 Å². The molecule has 62 valence electrons. The van der Waals surface area contributed by atoms with E-state index in [1.807, 2.05) is 19.2 Å². The van der Waals surface area contributed by atoms with Gasteiger partial charge in [-0.25, -0.2) is 4.39 Å². The van der Waals surface area contributed by atoms with Crippen molar-refractivity contribution in [1.82, 2.24) is 9.78 Å². The molecule has 0 amide bonds. The number of hydrogen-bond acceptors (Lipinski definition) is 1. The fraction of sp³-hybridized carbons (Fsp3) is 0.222. The lowest BCUT2D eigenvalue weighted by molar-refractivity contribution is 0.485. The zero-order valence-corrected chi connectivity index (χ0v) is 6.79. The predicted molar refractivity (Wildman–Crippen MR) is 45.5 cm³/mol. The molecular weight excluding hydrogens is 155 g/mol. The van der Waals surface area contributed by atoms with Crippen LogP contribution in [0, 0.1) is 0 Å². The van der Waals surface area contributed by atoms with E-state index in [1.165, 1.54) is 0 Å². The van der Waals surface area contributed by atoms with Crippen molar-refractivity contribution in [1.29, 1.82) is 0 Å². The van der Waals surface area contributed by atoms with Gasteiger partial charge in [-0.3, -0.25) is 4.68 Å². The number of halogens is 1. The summed E-state index contributed by atoms with van der Waals surface area (Å²) >= 11 is 0. The summed E-state index contributed by atoms with van der Waals surface area (Å²) in [5.74, 6) is 0. The van der Waals surface area contributed by atoms with Gasteiger partial charge in [-0.1, -0.05) is 12.1 Å². The van der Waals surface area contributed by atoms with Gasteiger partial charge in [0.15, 0.2) is 0 Å². The van der Waals surface area contributed by atoms with Gasteiger partial charge in [0.2, 0.25) is 0 Å². The Balaban J connectivity index is 2.71. The van der Waals surface area contributed by atoms with Crippen molar-refractivity contribution in [2.24, 2.45) is 7.05 Å². The Morgan fingerprint density at radius 2 is 2.33 bits per heavy atom. The molecule has 1 aromatic heterocycles. The van der Waals surface area contributed by atoms with Gasteiger partial charge in [0, 0.05) is 12.4 Å². The van der Waals surface area contributed by atoms with E-state index in [0.717, 1.165) is 10.9 Å². The Bertz CT molecular complexity index is 406. The second kappa shape index (κ2) is 2.59. The minimum atomic E-state index is -0.416. The first-order valence-corrected chi connectivity index (χ1v) is 3.78. The molecule has 3 heteroatoms. The number of aromatic nitrogens is 2. The molecule has 0 aliphatic carbocycles. The van der Waals surface area contributed by atoms with Crippen LogP contribution in [0.5, 0.6) is 0 Å². The predicted octanol–water partition coefficient (Wildman–Crippen LogP) is 2.04. The summed E-state index contributed by atoms with van der Waals surface area (Å²) in [7, 11) is 1.85. The summed E-state index contributed by atoms with van der Waals surface area (Å²) in [6, 6.07) is 5.49. The maximum atomic E-state index is 12.3. The molecule has 0 saturated heterocycles. The molecule has 1 heterocycles. The molecule has 0 spiro atoms. The zero-order valence-electron chi connectivity index (χ0n) is 6.79. The smallest absolute Gasteiger partial charge is 0.115 e. The third kappa shape index (κ3) is 0.978. The monoisotopic (exact) mass is 164 g/mol. The van der Waals surface area contributed by atoms with Gasteiger partial charge in [0.1, 0.15) is 6.67 Å². The van der Waals surface area contributed by atoms with Crippen LogP contribution in [0.25, 0.3) is 10.9 Å². The van der Waals surface area contributed by atoms with Gasteiger partial charge in [-0.05, 0) is 11.6 Å². The van der Waals surface area contributed by atoms with Crippen LogP contribution in [0.2, 0.25) is 0 Å². The molecule has 12 heavy (non-hydrogen) atoms. The third-order valence-corrected chi connectivity index (χ3v) is 1.97. The molecule has 2 nitrogen and oxygen atoms in total. The zero-order chi connectivity index (χ0) is 8.55. The van der Waals surface area contributed by atoms with E-state index in [-0.39, 0.29) is 0 Å². The van der Waals surface area contributed by atoms with Crippen molar-refractivity contribution in [2.75, 3.05) is 0 Å². The van der Waals surface area contributed by atoms with Crippen molar-refractivity contribution in [3.63, 3.8) is 0 Å². The van der Waals surface area contributed by atoms with Gasteiger partial charge in [0.25, 0.3) is 0 Å². The summed E-state index contributed by atoms with van der Waals surface area (Å²) in [5.41, 5.74) is 1.68. The molecule has 0 N–H and O–H groups in total. The van der Waals surface area contributed by atoms with Crippen LogP contribution in [0.3, 0.4) is 0 Å². The maximum absolute atomic E-state index is 12.3. The number of aryl methyl sites for hydroxylation is 1. The van der Waals surface area contributed by atoms with E-state index in [1.54, 1.807) is 16.9 Å². The molecule has 1 aromatic carbocycles. The van der Waals surface area contributed by atoms with E-state index in [9.17, 15) is 4.39 Å². The summed E-state index contributed by atoms with van der Waals surface area (Å²) in [4.78, 5) is 0. The second-order valence-electron chi connectivity index (χ2n) is 2.79. The van der Waals surface area contributed by atoms with Gasteiger partial charge in [-0.2, -0.15) is 5.10 Å². The molecule has 0 unspecified atom stereocenters. The fourth-order valence-corrected chi connectivity index (χ4v) is 1.27. The summed E-state index contributed by atoms with van der Waals surface area (Å²) in [6.07, 6.45) is 1.78. The maximum Gasteiger partial charge on any atom is 0.115 e. The van der Waals surface area contributed by atoms with Crippen molar-refractivity contribution >= 4 is 10.9 Å². The van der Waals surface area contributed by atoms with Gasteiger partial charge < -0.3 is 0 Å². The first-order valence-electron chi connectivity index (χ1n) is 3.78. The Kier molecular flexibility index (Phi) is 1.57. The SMILES string of the molecule is Cn1ncc2ccc(CF)cc21. The van der Waals surface area contributed by atoms with Crippen molar-refractivity contribution in [3.05, 3.63) is 30.0 Å². The molecular formula is C9H9FN2. The highest BCUT2D eigenvalue weighted by atomic mass is 19.1. The van der Waals surface area contributed by atoms with Crippen LogP contribution in [-0.4, -0.2) is 9.78 Å². The van der Waals surface area contributed by atoms with E-state index in [0.29, 0.717) is 5.56 Å². The van der Waals surface area contributed by atoms with Crippen LogP contribution in [0.15, 0.2) is 24.4 Å². The molecule has 0 saturated carbocycles. The van der Waals surface area contributed by atoms with E-state index in [4.69, 9.17) is 0 Å². The number of benzene rings is 1. The summed E-state index contributed by atoms with van der Waals surface area (Å²) < 4.78 is 14.0. The van der Waals surface area contributed by atoms with Gasteiger partial charge in [-0.15, -0.1) is 0 Å². The Labute approximate surface area is 69.6 Å². The topological polar surface area (TPSA) is 17.8 Å². The second-order valence-corrected chi connectivity index (χ2v) is 2.79. The van der Waals surface area contributed by atoms with Crippen LogP contribution in [0.4, 0.5) is 4.39 Å². The van der Waals surface area contributed by atoms with Crippen LogP contribution >= 0.6 is 0 Å². The highest BCUT2D eigenvalue weighted by Gasteiger charge is 1.99. The van der Waals surface area contributed by atoms with E-state index < -0.39 is 6.67 Å². The molecule has 0 aliphatic rings. The Hall–Kier alpha value is -1.38. The Morgan fingerprint density at radius 1 is 1.50 bits per heavy atom. The van der Waals surface area contributed by atoms with Crippen LogP contribution in [-0.2, 0) is 13.7 Å². The number of nitrogens with zero attached hydrogens (tertiary/aromatic N) is 2. The molecule has 0 aliphatic heterocycles. The minimum Gasteiger partial charge on any atom is -0.268 e. The number of hydrogen-bond donors (Lipinski definition) is 0. The van der Waals surface area contributed by atoms with Gasteiger partial charge >= 0.3 is 0 Å². The average molecular weight is 164 g/mol. The van der Waals surface area contributed by atoms with Crippen LogP contribution in [0.1, 0.15) is 5.56 Å². The number of alkyl halides is 1. The minimum absolute atomic E-state index is 0.416. The highest BCUT2D eigenvalue weighted by Crippen LogP contribution is 2.15. The first kappa shape index (κ1) is 7.28. The molecule has 0 fully saturated rings. The lowest BCUT2D eigenvalue weighted by Gasteiger charge is -1.96. The standard InChI is InChI=1S/C9H9FN2/c1-12-9-4-7(5-10)2-3-8(9)6-11-12/h2-4,6H,5H2,1H3. The van der Waals surface area contributed by atoms with Crippen molar-refractivity contribution in [2.45, 2.75) is 6.67 Å². The molecule has 2 aromatic rings. The highest BCUT2D eigenvalue weighted by molar-refractivity contribution is 5.79. The number of fused-ring (bicyclic) bond motifs is 1. The largest absolute Gasteiger partial charge is 0.268 e. The summed E-state index contributed by atoms with van der Waals surface area (Å²) in [6.45, 7) is -0.416. The molecule has 0 radical (unpaired) electrons. The van der Waals surface area contributed by atoms with E-state index in [2.05, 4.69) is 5.10 Å². The Morgan fingerprint density at radius 3 is 3.08 bits per heavy atom. The van der Waals surface area contributed by atoms with Crippen molar-refractivity contribution < 1.29 is 4.39 Å². The average Bonchev–Trinajstić information content (AvgIpc) is 2.47. The fourth-order valence-electron chi connectivity index (χ4n) is 1.27. The molecule has 0 bridgehead atoms. The van der Waals surface area contributed by atoms with Crippen molar-refractivity contribution in [3.8, 4) is 0 Å². The van der Waals surface area contributed by atoms with E-state index >= 15 is 0 Å². The lowest BCUT2D eigenvalue weighted by atomic mass is 10.2. The summed E-state index contributed by atoms with van der Waals surface area (Å²) in [5, 5.41) is 5.12. The molecule has 2 rings (SSSR count). The third-order valence-electron chi connectivity index (χ3n) is 1.97. The number of rotatable bonds is 1. The molecule has 0 atom stereocenters.